The number of amides is 2. The van der Waals surface area contributed by atoms with Crippen LogP contribution in [0.4, 0.5) is 4.79 Å². The van der Waals surface area contributed by atoms with Gasteiger partial charge in [-0.05, 0) is 43.5 Å². The Kier molecular flexibility index (Phi) is 6.67. The molecule has 2 aromatic carbocycles. The Balaban J connectivity index is 1.82. The van der Waals surface area contributed by atoms with Gasteiger partial charge >= 0.3 is 6.03 Å². The second-order valence-electron chi connectivity index (χ2n) is 5.83. The number of urea groups is 1. The molecule has 0 atom stereocenters. The van der Waals surface area contributed by atoms with Gasteiger partial charge in [-0.3, -0.25) is 0 Å². The number of aryl methyl sites for hydroxylation is 1. The van der Waals surface area contributed by atoms with Gasteiger partial charge in [0.25, 0.3) is 0 Å². The summed E-state index contributed by atoms with van der Waals surface area (Å²) in [6.45, 7) is 6.00. The van der Waals surface area contributed by atoms with Crippen LogP contribution in [-0.4, -0.2) is 31.1 Å². The number of benzene rings is 2. The Hall–Kier alpha value is -2.49. The molecule has 0 aliphatic heterocycles. The number of carbonyl (C=O) groups is 1. The van der Waals surface area contributed by atoms with E-state index in [4.69, 9.17) is 4.74 Å². The number of ether oxygens (including phenoxy) is 1. The maximum absolute atomic E-state index is 12.3. The number of methoxy groups -OCH3 is 1. The van der Waals surface area contributed by atoms with Crippen molar-refractivity contribution < 1.29 is 9.53 Å². The summed E-state index contributed by atoms with van der Waals surface area (Å²) >= 11 is 0. The fraction of sp³-hybridized carbons (Fsp3) is 0.350. The van der Waals surface area contributed by atoms with E-state index in [1.165, 1.54) is 11.1 Å². The van der Waals surface area contributed by atoms with E-state index in [9.17, 15) is 4.79 Å². The zero-order valence-corrected chi connectivity index (χ0v) is 14.7. The van der Waals surface area contributed by atoms with E-state index in [0.717, 1.165) is 17.7 Å². The Morgan fingerprint density at radius 3 is 2.50 bits per heavy atom. The van der Waals surface area contributed by atoms with E-state index < -0.39 is 0 Å². The fourth-order valence-corrected chi connectivity index (χ4v) is 2.58. The van der Waals surface area contributed by atoms with Crippen molar-refractivity contribution in [2.45, 2.75) is 26.8 Å². The van der Waals surface area contributed by atoms with Gasteiger partial charge in [-0.2, -0.15) is 0 Å². The van der Waals surface area contributed by atoms with E-state index in [1.807, 2.05) is 42.2 Å². The Bertz CT molecular complexity index is 653. The minimum Gasteiger partial charge on any atom is -0.497 e. The van der Waals surface area contributed by atoms with Gasteiger partial charge in [0.2, 0.25) is 0 Å². The topological polar surface area (TPSA) is 41.6 Å². The van der Waals surface area contributed by atoms with E-state index in [1.54, 1.807) is 7.11 Å². The van der Waals surface area contributed by atoms with Crippen LogP contribution in [0.25, 0.3) is 0 Å². The number of rotatable bonds is 7. The lowest BCUT2D eigenvalue weighted by Gasteiger charge is -2.21. The molecular formula is C20H26N2O2. The first kappa shape index (κ1) is 17.9. The molecule has 0 unspecified atom stereocenters. The lowest BCUT2D eigenvalue weighted by atomic mass is 10.1. The monoisotopic (exact) mass is 326 g/mol. The molecule has 0 saturated carbocycles. The van der Waals surface area contributed by atoms with Crippen LogP contribution in [0.2, 0.25) is 0 Å². The van der Waals surface area contributed by atoms with Crippen molar-refractivity contribution in [1.29, 1.82) is 0 Å². The fourth-order valence-electron chi connectivity index (χ4n) is 2.58. The highest BCUT2D eigenvalue weighted by molar-refractivity contribution is 5.74. The van der Waals surface area contributed by atoms with Crippen molar-refractivity contribution in [3.63, 3.8) is 0 Å². The Morgan fingerprint density at radius 1 is 1.12 bits per heavy atom. The molecule has 2 aromatic rings. The van der Waals surface area contributed by atoms with E-state index in [-0.39, 0.29) is 6.03 Å². The van der Waals surface area contributed by atoms with Crippen LogP contribution in [0.3, 0.4) is 0 Å². The van der Waals surface area contributed by atoms with Crippen molar-refractivity contribution in [3.05, 3.63) is 65.2 Å². The predicted octanol–water partition coefficient (Wildman–Crippen LogP) is 3.78. The summed E-state index contributed by atoms with van der Waals surface area (Å²) in [5.74, 6) is 0.845. The molecule has 128 valence electrons. The molecule has 0 saturated heterocycles. The van der Waals surface area contributed by atoms with Crippen LogP contribution in [0.15, 0.2) is 48.5 Å². The van der Waals surface area contributed by atoms with Crippen molar-refractivity contribution in [3.8, 4) is 5.75 Å². The zero-order valence-electron chi connectivity index (χ0n) is 14.7. The summed E-state index contributed by atoms with van der Waals surface area (Å²) in [7, 11) is 1.66. The molecule has 2 rings (SSSR count). The molecule has 4 nitrogen and oxygen atoms in total. The van der Waals surface area contributed by atoms with Crippen molar-refractivity contribution >= 4 is 6.03 Å². The van der Waals surface area contributed by atoms with Crippen molar-refractivity contribution in [1.82, 2.24) is 10.2 Å². The molecule has 0 radical (unpaired) electrons. The number of hydrogen-bond donors (Lipinski definition) is 1. The molecular weight excluding hydrogens is 300 g/mol. The average Bonchev–Trinajstić information content (AvgIpc) is 2.60. The maximum Gasteiger partial charge on any atom is 0.317 e. The van der Waals surface area contributed by atoms with Gasteiger partial charge in [0.15, 0.2) is 0 Å². The van der Waals surface area contributed by atoms with Gasteiger partial charge in [0.05, 0.1) is 7.11 Å². The van der Waals surface area contributed by atoms with E-state index in [0.29, 0.717) is 19.6 Å². The first-order valence-corrected chi connectivity index (χ1v) is 8.33. The third kappa shape index (κ3) is 5.30. The van der Waals surface area contributed by atoms with Gasteiger partial charge in [0, 0.05) is 19.6 Å². The smallest absolute Gasteiger partial charge is 0.317 e. The number of carbonyl (C=O) groups excluding carboxylic acids is 1. The van der Waals surface area contributed by atoms with Gasteiger partial charge < -0.3 is 15.0 Å². The number of hydrogen-bond acceptors (Lipinski definition) is 2. The second kappa shape index (κ2) is 8.96. The second-order valence-corrected chi connectivity index (χ2v) is 5.83. The Morgan fingerprint density at radius 2 is 1.88 bits per heavy atom. The lowest BCUT2D eigenvalue weighted by molar-refractivity contribution is 0.198. The summed E-state index contributed by atoms with van der Waals surface area (Å²) in [5.41, 5.74) is 3.54. The molecule has 0 heterocycles. The highest BCUT2D eigenvalue weighted by atomic mass is 16.5. The maximum atomic E-state index is 12.3. The highest BCUT2D eigenvalue weighted by Gasteiger charge is 2.11. The summed E-state index contributed by atoms with van der Waals surface area (Å²) in [4.78, 5) is 14.2. The van der Waals surface area contributed by atoms with Gasteiger partial charge in [-0.25, -0.2) is 4.79 Å². The van der Waals surface area contributed by atoms with Crippen molar-refractivity contribution in [2.75, 3.05) is 20.2 Å². The molecule has 2 amide bonds. The predicted molar refractivity (Wildman–Crippen MR) is 97.4 cm³/mol. The molecule has 0 aromatic heterocycles. The van der Waals surface area contributed by atoms with Crippen LogP contribution >= 0.6 is 0 Å². The van der Waals surface area contributed by atoms with Crippen LogP contribution in [0.1, 0.15) is 23.6 Å². The summed E-state index contributed by atoms with van der Waals surface area (Å²) < 4.78 is 5.15. The zero-order chi connectivity index (χ0) is 17.4. The molecule has 0 bridgehead atoms. The number of nitrogens with zero attached hydrogens (tertiary/aromatic N) is 1. The molecule has 0 spiro atoms. The van der Waals surface area contributed by atoms with E-state index in [2.05, 4.69) is 30.4 Å². The van der Waals surface area contributed by atoms with Crippen molar-refractivity contribution in [2.24, 2.45) is 0 Å². The third-order valence-electron chi connectivity index (χ3n) is 3.97. The van der Waals surface area contributed by atoms with Gasteiger partial charge in [-0.1, -0.05) is 42.0 Å². The first-order valence-electron chi connectivity index (χ1n) is 8.33. The summed E-state index contributed by atoms with van der Waals surface area (Å²) in [5, 5.41) is 3.00. The minimum atomic E-state index is -0.0208. The van der Waals surface area contributed by atoms with Gasteiger partial charge in [-0.15, -0.1) is 0 Å². The first-order chi connectivity index (χ1) is 11.6. The largest absolute Gasteiger partial charge is 0.497 e. The SMILES string of the molecule is CCN(Cc1cccc(C)c1)C(=O)NCCc1ccc(OC)cc1. The number of nitrogens with one attached hydrogen (secondary N) is 1. The molecule has 24 heavy (non-hydrogen) atoms. The Labute approximate surface area is 144 Å². The minimum absolute atomic E-state index is 0.0208. The molecule has 0 fully saturated rings. The van der Waals surface area contributed by atoms with Crippen LogP contribution < -0.4 is 10.1 Å². The standard InChI is InChI=1S/C20H26N2O2/c1-4-22(15-18-7-5-6-16(2)14-18)20(23)21-13-12-17-8-10-19(24-3)11-9-17/h5-11,14H,4,12-13,15H2,1-3H3,(H,21,23). The lowest BCUT2D eigenvalue weighted by Crippen LogP contribution is -2.40. The highest BCUT2D eigenvalue weighted by Crippen LogP contribution is 2.11. The van der Waals surface area contributed by atoms with Crippen LogP contribution in [0, 0.1) is 6.92 Å². The molecule has 0 aliphatic rings. The average molecular weight is 326 g/mol. The van der Waals surface area contributed by atoms with Gasteiger partial charge in [0.1, 0.15) is 5.75 Å². The summed E-state index contributed by atoms with van der Waals surface area (Å²) in [6.07, 6.45) is 0.803. The van der Waals surface area contributed by atoms with E-state index >= 15 is 0 Å². The normalized spacial score (nSPS) is 10.3. The molecule has 1 N–H and O–H groups in total. The molecule has 4 heteroatoms. The third-order valence-corrected chi connectivity index (χ3v) is 3.97. The van der Waals surface area contributed by atoms with Crippen LogP contribution in [-0.2, 0) is 13.0 Å². The molecule has 0 aliphatic carbocycles. The summed E-state index contributed by atoms with van der Waals surface area (Å²) in [6, 6.07) is 16.2. The quantitative estimate of drug-likeness (QED) is 0.841. The van der Waals surface area contributed by atoms with Crippen LogP contribution in [0.5, 0.6) is 5.75 Å².